The molecule has 2 heterocycles. The Hall–Kier alpha value is -1.70. The molecule has 0 aromatic heterocycles. The first kappa shape index (κ1) is 11.9. The molecule has 0 aromatic carbocycles. The third kappa shape index (κ3) is 1.65. The van der Waals surface area contributed by atoms with Gasteiger partial charge in [-0.05, 0) is 54.7 Å². The summed E-state index contributed by atoms with van der Waals surface area (Å²) in [6.45, 7) is 0. The molecule has 5 aliphatic rings. The summed E-state index contributed by atoms with van der Waals surface area (Å²) < 4.78 is 0. The van der Waals surface area contributed by atoms with Crippen molar-refractivity contribution >= 4 is 0 Å². The van der Waals surface area contributed by atoms with Crippen molar-refractivity contribution in [2.75, 3.05) is 0 Å². The van der Waals surface area contributed by atoms with Crippen LogP contribution in [0.15, 0.2) is 59.5 Å². The predicted molar refractivity (Wildman–Crippen MR) is 85.4 cm³/mol. The van der Waals surface area contributed by atoms with E-state index < -0.39 is 0 Å². The molecule has 3 aliphatic carbocycles. The highest BCUT2D eigenvalue weighted by molar-refractivity contribution is 5.49. The highest BCUT2D eigenvalue weighted by Gasteiger charge is 2.44. The van der Waals surface area contributed by atoms with Crippen LogP contribution in [0.4, 0.5) is 0 Å². The Balaban J connectivity index is 1.72. The first-order valence-electron chi connectivity index (χ1n) is 8.41. The van der Waals surface area contributed by atoms with Crippen LogP contribution in [0.2, 0.25) is 0 Å². The molecule has 0 radical (unpaired) electrons. The van der Waals surface area contributed by atoms with Gasteiger partial charge in [-0.2, -0.15) is 0 Å². The van der Waals surface area contributed by atoms with Gasteiger partial charge in [0.1, 0.15) is 0 Å². The fourth-order valence-corrected chi connectivity index (χ4v) is 5.05. The second kappa shape index (κ2) is 4.40. The van der Waals surface area contributed by atoms with Gasteiger partial charge in [-0.25, -0.2) is 0 Å². The zero-order chi connectivity index (χ0) is 13.8. The second-order valence-electron chi connectivity index (χ2n) is 6.96. The van der Waals surface area contributed by atoms with Crippen molar-refractivity contribution < 1.29 is 0 Å². The number of fused-ring (bicyclic) bond motifs is 2. The number of hydrogen-bond donors (Lipinski definition) is 1. The normalized spacial score (nSPS) is 39.2. The first-order chi connectivity index (χ1) is 10.4. The van der Waals surface area contributed by atoms with Crippen molar-refractivity contribution in [3.63, 3.8) is 0 Å². The molecule has 5 rings (SSSR count). The third-order valence-electron chi connectivity index (χ3n) is 5.91. The van der Waals surface area contributed by atoms with E-state index in [0.717, 1.165) is 5.92 Å². The summed E-state index contributed by atoms with van der Waals surface area (Å²) in [7, 11) is 0. The lowest BCUT2D eigenvalue weighted by molar-refractivity contribution is 0.169. The zero-order valence-electron chi connectivity index (χ0n) is 12.3. The summed E-state index contributed by atoms with van der Waals surface area (Å²) in [5, 5.41) is 3.64. The van der Waals surface area contributed by atoms with E-state index in [-0.39, 0.29) is 0 Å². The molecule has 0 aromatic rings. The molecule has 1 N–H and O–H groups in total. The van der Waals surface area contributed by atoms with E-state index in [0.29, 0.717) is 18.1 Å². The third-order valence-corrected chi connectivity index (χ3v) is 5.91. The van der Waals surface area contributed by atoms with Crippen LogP contribution < -0.4 is 5.32 Å². The van der Waals surface area contributed by atoms with Crippen LogP contribution in [0.5, 0.6) is 0 Å². The van der Waals surface area contributed by atoms with Crippen LogP contribution in [-0.4, -0.2) is 23.0 Å². The lowest BCUT2D eigenvalue weighted by Crippen LogP contribution is -2.57. The molecule has 2 heteroatoms. The van der Waals surface area contributed by atoms with Gasteiger partial charge >= 0.3 is 0 Å². The van der Waals surface area contributed by atoms with E-state index in [1.54, 1.807) is 11.1 Å². The smallest absolute Gasteiger partial charge is 0.0732 e. The van der Waals surface area contributed by atoms with Crippen molar-refractivity contribution in [2.24, 2.45) is 5.92 Å². The van der Waals surface area contributed by atoms with Gasteiger partial charge in [0.2, 0.25) is 0 Å². The maximum absolute atomic E-state index is 3.64. The van der Waals surface area contributed by atoms with E-state index in [9.17, 15) is 0 Å². The van der Waals surface area contributed by atoms with Gasteiger partial charge in [0.25, 0.3) is 0 Å². The minimum Gasteiger partial charge on any atom is -0.385 e. The molecule has 0 saturated heterocycles. The average Bonchev–Trinajstić information content (AvgIpc) is 2.69. The van der Waals surface area contributed by atoms with Gasteiger partial charge in [0, 0.05) is 18.4 Å². The molecule has 0 bridgehead atoms. The van der Waals surface area contributed by atoms with Crippen LogP contribution in [-0.2, 0) is 0 Å². The Morgan fingerprint density at radius 3 is 3.14 bits per heavy atom. The number of hydrogen-bond acceptors (Lipinski definition) is 2. The summed E-state index contributed by atoms with van der Waals surface area (Å²) >= 11 is 0. The van der Waals surface area contributed by atoms with Gasteiger partial charge in [-0.15, -0.1) is 0 Å². The van der Waals surface area contributed by atoms with E-state index in [1.165, 1.54) is 37.7 Å². The molecule has 4 atom stereocenters. The molecule has 108 valence electrons. The van der Waals surface area contributed by atoms with Crippen LogP contribution in [0.25, 0.3) is 0 Å². The van der Waals surface area contributed by atoms with Gasteiger partial charge in [0.15, 0.2) is 0 Å². The topological polar surface area (TPSA) is 15.3 Å². The van der Waals surface area contributed by atoms with E-state index in [2.05, 4.69) is 53.0 Å². The van der Waals surface area contributed by atoms with E-state index in [4.69, 9.17) is 0 Å². The Morgan fingerprint density at radius 1 is 1.14 bits per heavy atom. The fraction of sp³-hybridized carbons (Fsp3) is 0.474. The Bertz CT molecular complexity index is 619. The van der Waals surface area contributed by atoms with Crippen LogP contribution in [0.3, 0.4) is 0 Å². The largest absolute Gasteiger partial charge is 0.385 e. The summed E-state index contributed by atoms with van der Waals surface area (Å²) in [6.07, 6.45) is 22.8. The quantitative estimate of drug-likeness (QED) is 0.730. The zero-order valence-corrected chi connectivity index (χ0v) is 12.3. The standard InChI is InChI=1S/C19H22N2/c1-2-7-17-14(4-1)12-15-6-3-5-13-8-9-16-19(18(13)15)21(17)11-10-20-16/h1-2,4,7,10-13,16-17,19-20H,3,5-6,8-9H2. The Kier molecular flexibility index (Phi) is 2.49. The highest BCUT2D eigenvalue weighted by atomic mass is 15.2. The van der Waals surface area contributed by atoms with Gasteiger partial charge in [0.05, 0.1) is 12.1 Å². The highest BCUT2D eigenvalue weighted by Crippen LogP contribution is 2.46. The summed E-state index contributed by atoms with van der Waals surface area (Å²) in [5.74, 6) is 0.829. The minimum absolute atomic E-state index is 0.421. The van der Waals surface area contributed by atoms with Crippen molar-refractivity contribution in [2.45, 2.75) is 50.2 Å². The van der Waals surface area contributed by atoms with Crippen molar-refractivity contribution in [1.29, 1.82) is 0 Å². The van der Waals surface area contributed by atoms with Gasteiger partial charge in [-0.1, -0.05) is 30.4 Å². The molecule has 0 spiro atoms. The lowest BCUT2D eigenvalue weighted by Gasteiger charge is -2.50. The Morgan fingerprint density at radius 2 is 2.14 bits per heavy atom. The molecule has 2 aliphatic heterocycles. The Labute approximate surface area is 126 Å². The summed E-state index contributed by atoms with van der Waals surface area (Å²) in [5.41, 5.74) is 4.89. The van der Waals surface area contributed by atoms with E-state index in [1.807, 2.05) is 0 Å². The first-order valence-corrected chi connectivity index (χ1v) is 8.41. The molecule has 4 unspecified atom stereocenters. The van der Waals surface area contributed by atoms with E-state index >= 15 is 0 Å². The lowest BCUT2D eigenvalue weighted by atomic mass is 9.69. The molecular weight excluding hydrogens is 256 g/mol. The maximum atomic E-state index is 3.64. The molecular formula is C19H22N2. The number of allylic oxidation sites excluding steroid dienone is 4. The molecule has 1 saturated carbocycles. The van der Waals surface area contributed by atoms with Gasteiger partial charge < -0.3 is 10.2 Å². The SMILES string of the molecule is C1=CC2=CC3=C4C(CCC3)CCC3NC=CN(C2C=C1)C43. The van der Waals surface area contributed by atoms with Crippen molar-refractivity contribution in [3.05, 3.63) is 59.5 Å². The van der Waals surface area contributed by atoms with Crippen molar-refractivity contribution in [1.82, 2.24) is 10.2 Å². The number of nitrogens with one attached hydrogen (secondary N) is 1. The monoisotopic (exact) mass is 278 g/mol. The maximum Gasteiger partial charge on any atom is 0.0732 e. The number of nitrogens with zero attached hydrogens (tertiary/aromatic N) is 1. The summed E-state index contributed by atoms with van der Waals surface area (Å²) in [6, 6.07) is 1.59. The summed E-state index contributed by atoms with van der Waals surface area (Å²) in [4.78, 5) is 2.62. The van der Waals surface area contributed by atoms with Crippen LogP contribution >= 0.6 is 0 Å². The second-order valence-corrected chi connectivity index (χ2v) is 6.96. The molecule has 21 heavy (non-hydrogen) atoms. The predicted octanol–water partition coefficient (Wildman–Crippen LogP) is 3.43. The minimum atomic E-state index is 0.421. The fourth-order valence-electron chi connectivity index (χ4n) is 5.05. The van der Waals surface area contributed by atoms with Crippen LogP contribution in [0.1, 0.15) is 32.1 Å². The molecule has 2 nitrogen and oxygen atoms in total. The van der Waals surface area contributed by atoms with Gasteiger partial charge in [-0.3, -0.25) is 0 Å². The molecule has 1 fully saturated rings. The number of rotatable bonds is 0. The van der Waals surface area contributed by atoms with Crippen molar-refractivity contribution in [3.8, 4) is 0 Å². The molecule has 0 amide bonds. The average molecular weight is 278 g/mol. The van der Waals surface area contributed by atoms with Crippen LogP contribution in [0, 0.1) is 5.92 Å².